The first-order valence-corrected chi connectivity index (χ1v) is 11.9. The molecule has 1 aromatic carbocycles. The van der Waals surface area contributed by atoms with Crippen LogP contribution >= 0.6 is 34.5 Å². The van der Waals surface area contributed by atoms with Crippen LogP contribution in [0.2, 0.25) is 10.0 Å². The SMILES string of the molecule is CC(C(=O)NCc1cccs1)N1CCN(S(=O)(=O)c2cc(Cl)ccc2Cl)CC1. The molecule has 1 fully saturated rings. The molecule has 1 saturated heterocycles. The van der Waals surface area contributed by atoms with Gasteiger partial charge in [0.15, 0.2) is 0 Å². The average molecular weight is 462 g/mol. The number of nitrogens with zero attached hydrogens (tertiary/aromatic N) is 2. The van der Waals surface area contributed by atoms with Crippen molar-refractivity contribution in [3.63, 3.8) is 0 Å². The summed E-state index contributed by atoms with van der Waals surface area (Å²) in [6.45, 7) is 3.83. The molecule has 1 N–H and O–H groups in total. The number of hydrogen-bond acceptors (Lipinski definition) is 5. The van der Waals surface area contributed by atoms with Gasteiger partial charge in [0.2, 0.25) is 15.9 Å². The monoisotopic (exact) mass is 461 g/mol. The minimum absolute atomic E-state index is 0.0110. The van der Waals surface area contributed by atoms with Gasteiger partial charge in [0.1, 0.15) is 4.90 Å². The Morgan fingerprint density at radius 2 is 1.93 bits per heavy atom. The third kappa shape index (κ3) is 4.87. The summed E-state index contributed by atoms with van der Waals surface area (Å²) in [5.74, 6) is -0.0670. The first kappa shape index (κ1) is 21.5. The van der Waals surface area contributed by atoms with Crippen molar-refractivity contribution in [1.29, 1.82) is 0 Å². The summed E-state index contributed by atoms with van der Waals surface area (Å²) in [5, 5.41) is 5.36. The van der Waals surface area contributed by atoms with E-state index in [0.29, 0.717) is 24.7 Å². The minimum atomic E-state index is -3.73. The summed E-state index contributed by atoms with van der Waals surface area (Å²) >= 11 is 13.6. The number of sulfonamides is 1. The van der Waals surface area contributed by atoms with Crippen LogP contribution in [-0.2, 0) is 21.4 Å². The van der Waals surface area contributed by atoms with Gasteiger partial charge in [-0.25, -0.2) is 8.42 Å². The van der Waals surface area contributed by atoms with Crippen LogP contribution in [0.3, 0.4) is 0 Å². The van der Waals surface area contributed by atoms with E-state index in [2.05, 4.69) is 5.32 Å². The Morgan fingerprint density at radius 1 is 1.21 bits per heavy atom. The lowest BCUT2D eigenvalue weighted by atomic mass is 10.2. The lowest BCUT2D eigenvalue weighted by Crippen LogP contribution is -2.54. The Hall–Kier alpha value is -1.16. The van der Waals surface area contributed by atoms with Crippen LogP contribution in [0.1, 0.15) is 11.8 Å². The molecule has 28 heavy (non-hydrogen) atoms. The Labute approximate surface area is 179 Å². The zero-order valence-corrected chi connectivity index (χ0v) is 18.4. The molecule has 0 saturated carbocycles. The van der Waals surface area contributed by atoms with Gasteiger partial charge < -0.3 is 5.32 Å². The number of halogens is 2. The number of rotatable bonds is 6. The fraction of sp³-hybridized carbons (Fsp3) is 0.389. The molecule has 1 amide bonds. The van der Waals surface area contributed by atoms with Gasteiger partial charge in [-0.05, 0) is 36.6 Å². The number of benzene rings is 1. The van der Waals surface area contributed by atoms with Gasteiger partial charge in [-0.2, -0.15) is 4.31 Å². The maximum Gasteiger partial charge on any atom is 0.244 e. The highest BCUT2D eigenvalue weighted by Crippen LogP contribution is 2.28. The van der Waals surface area contributed by atoms with Crippen LogP contribution in [0.15, 0.2) is 40.6 Å². The average Bonchev–Trinajstić information content (AvgIpc) is 3.21. The van der Waals surface area contributed by atoms with Crippen LogP contribution in [0.4, 0.5) is 0 Å². The third-order valence-electron chi connectivity index (χ3n) is 4.73. The zero-order valence-electron chi connectivity index (χ0n) is 15.3. The molecule has 0 bridgehead atoms. The molecule has 1 unspecified atom stereocenters. The maximum atomic E-state index is 12.9. The van der Waals surface area contributed by atoms with Gasteiger partial charge >= 0.3 is 0 Å². The topological polar surface area (TPSA) is 69.7 Å². The summed E-state index contributed by atoms with van der Waals surface area (Å²) in [6, 6.07) is 7.98. The molecule has 2 aromatic rings. The molecule has 2 heterocycles. The molecule has 1 atom stereocenters. The van der Waals surface area contributed by atoms with Crippen LogP contribution in [0.25, 0.3) is 0 Å². The van der Waals surface area contributed by atoms with Crippen molar-refractivity contribution >= 4 is 50.5 Å². The van der Waals surface area contributed by atoms with E-state index >= 15 is 0 Å². The Bertz CT molecular complexity index is 928. The predicted octanol–water partition coefficient (Wildman–Crippen LogP) is 3.07. The first-order valence-electron chi connectivity index (χ1n) is 8.78. The summed E-state index contributed by atoms with van der Waals surface area (Å²) < 4.78 is 27.2. The minimum Gasteiger partial charge on any atom is -0.350 e. The molecule has 1 aliphatic heterocycles. The van der Waals surface area contributed by atoms with Crippen molar-refractivity contribution in [2.75, 3.05) is 26.2 Å². The molecule has 1 aromatic heterocycles. The second-order valence-electron chi connectivity index (χ2n) is 6.49. The second-order valence-corrected chi connectivity index (χ2v) is 10.3. The van der Waals surface area contributed by atoms with Gasteiger partial charge in [-0.3, -0.25) is 9.69 Å². The number of thiophene rings is 1. The fourth-order valence-electron chi connectivity index (χ4n) is 3.05. The van der Waals surface area contributed by atoms with Gasteiger partial charge in [0.05, 0.1) is 17.6 Å². The summed E-state index contributed by atoms with van der Waals surface area (Å²) in [4.78, 5) is 15.5. The highest BCUT2D eigenvalue weighted by Gasteiger charge is 2.33. The van der Waals surface area contributed by atoms with E-state index in [-0.39, 0.29) is 35.0 Å². The zero-order chi connectivity index (χ0) is 20.3. The Balaban J connectivity index is 1.58. The van der Waals surface area contributed by atoms with Gasteiger partial charge in [0.25, 0.3) is 0 Å². The lowest BCUT2D eigenvalue weighted by Gasteiger charge is -2.36. The highest BCUT2D eigenvalue weighted by molar-refractivity contribution is 7.89. The number of carbonyl (C=O) groups excluding carboxylic acids is 1. The Morgan fingerprint density at radius 3 is 2.57 bits per heavy atom. The molecular formula is C18H21Cl2N3O3S2. The molecule has 152 valence electrons. The summed E-state index contributed by atoms with van der Waals surface area (Å²) in [5.41, 5.74) is 0. The van der Waals surface area contributed by atoms with Crippen molar-refractivity contribution in [2.24, 2.45) is 0 Å². The summed E-state index contributed by atoms with van der Waals surface area (Å²) in [6.07, 6.45) is 0. The lowest BCUT2D eigenvalue weighted by molar-refractivity contribution is -0.126. The van der Waals surface area contributed by atoms with Gasteiger partial charge in [-0.1, -0.05) is 29.3 Å². The number of nitrogens with one attached hydrogen (secondary N) is 1. The standard InChI is InChI=1S/C18H21Cl2N3O3S2/c1-13(18(24)21-12-15-3-2-10-27-15)22-6-8-23(9-7-22)28(25,26)17-11-14(19)4-5-16(17)20/h2-5,10-11,13H,6-9,12H2,1H3,(H,21,24). The van der Waals surface area contributed by atoms with Crippen LogP contribution in [0, 0.1) is 0 Å². The van der Waals surface area contributed by atoms with E-state index in [0.717, 1.165) is 4.88 Å². The van der Waals surface area contributed by atoms with Gasteiger partial charge in [0, 0.05) is 36.1 Å². The van der Waals surface area contributed by atoms with Crippen LogP contribution in [0.5, 0.6) is 0 Å². The van der Waals surface area contributed by atoms with Crippen molar-refractivity contribution in [2.45, 2.75) is 24.4 Å². The van der Waals surface area contributed by atoms with Crippen molar-refractivity contribution < 1.29 is 13.2 Å². The molecule has 6 nitrogen and oxygen atoms in total. The number of piperazine rings is 1. The van der Waals surface area contributed by atoms with E-state index in [1.54, 1.807) is 17.4 Å². The predicted molar refractivity (Wildman–Crippen MR) is 112 cm³/mol. The van der Waals surface area contributed by atoms with Crippen molar-refractivity contribution in [3.05, 3.63) is 50.6 Å². The molecule has 0 spiro atoms. The highest BCUT2D eigenvalue weighted by atomic mass is 35.5. The van der Waals surface area contributed by atoms with Crippen molar-refractivity contribution in [3.8, 4) is 0 Å². The smallest absolute Gasteiger partial charge is 0.244 e. The van der Waals surface area contributed by atoms with E-state index in [1.165, 1.54) is 16.4 Å². The fourth-order valence-corrected chi connectivity index (χ4v) is 5.85. The third-order valence-corrected chi connectivity index (χ3v) is 8.22. The molecule has 3 rings (SSSR count). The van der Waals surface area contributed by atoms with Crippen molar-refractivity contribution in [1.82, 2.24) is 14.5 Å². The summed E-state index contributed by atoms with van der Waals surface area (Å²) in [7, 11) is -3.73. The number of hydrogen-bond donors (Lipinski definition) is 1. The normalized spacial score (nSPS) is 17.4. The van der Waals surface area contributed by atoms with Crippen LogP contribution in [-0.4, -0.2) is 55.8 Å². The largest absolute Gasteiger partial charge is 0.350 e. The van der Waals surface area contributed by atoms with E-state index < -0.39 is 10.0 Å². The molecular weight excluding hydrogens is 441 g/mol. The Kier molecular flexibility index (Phi) is 7.01. The van der Waals surface area contributed by atoms with Gasteiger partial charge in [-0.15, -0.1) is 11.3 Å². The molecule has 0 radical (unpaired) electrons. The molecule has 1 aliphatic rings. The molecule has 10 heteroatoms. The number of amides is 1. The first-order chi connectivity index (χ1) is 13.3. The number of carbonyl (C=O) groups is 1. The van der Waals surface area contributed by atoms with Crippen LogP contribution < -0.4 is 5.32 Å². The van der Waals surface area contributed by atoms with E-state index in [1.807, 2.05) is 29.3 Å². The second kappa shape index (κ2) is 9.11. The molecule has 0 aliphatic carbocycles. The van der Waals surface area contributed by atoms with E-state index in [4.69, 9.17) is 23.2 Å². The maximum absolute atomic E-state index is 12.9. The van der Waals surface area contributed by atoms with E-state index in [9.17, 15) is 13.2 Å². The quantitative estimate of drug-likeness (QED) is 0.717.